The number of benzene rings is 2. The summed E-state index contributed by atoms with van der Waals surface area (Å²) in [4.78, 5) is 37.9. The van der Waals surface area contributed by atoms with Crippen LogP contribution in [0.1, 0.15) is 12.0 Å². The molecule has 0 aliphatic rings. The molecule has 0 atom stereocenters. The van der Waals surface area contributed by atoms with Crippen molar-refractivity contribution >= 4 is 23.6 Å². The summed E-state index contributed by atoms with van der Waals surface area (Å²) < 4.78 is 15.2. The highest BCUT2D eigenvalue weighted by Gasteiger charge is 2.19. The average Bonchev–Trinajstić information content (AvgIpc) is 2.78. The minimum absolute atomic E-state index is 0.0142. The van der Waals surface area contributed by atoms with Crippen molar-refractivity contribution in [2.75, 3.05) is 39.7 Å². The summed E-state index contributed by atoms with van der Waals surface area (Å²) in [7, 11) is 4.32. The van der Waals surface area contributed by atoms with E-state index in [4.69, 9.17) is 14.2 Å². The first-order valence-electron chi connectivity index (χ1n) is 9.61. The number of methoxy groups -OCH3 is 3. The molecule has 2 rings (SSSR count). The van der Waals surface area contributed by atoms with E-state index in [1.807, 2.05) is 6.07 Å². The topological polar surface area (TPSA) is 106 Å². The number of ether oxygens (including phenoxy) is 3. The number of carbonyl (C=O) groups excluding carboxylic acids is 3. The highest BCUT2D eigenvalue weighted by molar-refractivity contribution is 5.89. The van der Waals surface area contributed by atoms with Crippen LogP contribution in [0.3, 0.4) is 0 Å². The van der Waals surface area contributed by atoms with Gasteiger partial charge >= 0.3 is 12.0 Å². The van der Waals surface area contributed by atoms with E-state index in [2.05, 4.69) is 10.6 Å². The number of rotatable bonds is 10. The minimum Gasteiger partial charge on any atom is -0.497 e. The lowest BCUT2D eigenvalue weighted by atomic mass is 10.1. The van der Waals surface area contributed by atoms with Crippen LogP contribution in [0.15, 0.2) is 48.5 Å². The average molecular weight is 429 g/mol. The van der Waals surface area contributed by atoms with Gasteiger partial charge in [-0.25, -0.2) is 4.79 Å². The van der Waals surface area contributed by atoms with Crippen molar-refractivity contribution in [2.24, 2.45) is 0 Å². The zero-order chi connectivity index (χ0) is 22.6. The van der Waals surface area contributed by atoms with Crippen molar-refractivity contribution in [3.63, 3.8) is 0 Å². The van der Waals surface area contributed by atoms with E-state index in [9.17, 15) is 14.4 Å². The van der Waals surface area contributed by atoms with E-state index in [1.165, 1.54) is 26.2 Å². The second-order valence-electron chi connectivity index (χ2n) is 6.54. The van der Waals surface area contributed by atoms with E-state index < -0.39 is 12.0 Å². The Morgan fingerprint density at radius 2 is 1.58 bits per heavy atom. The Labute approximate surface area is 181 Å². The fourth-order valence-corrected chi connectivity index (χ4v) is 2.77. The Kier molecular flexibility index (Phi) is 9.15. The maximum Gasteiger partial charge on any atom is 0.325 e. The number of nitrogens with one attached hydrogen (secondary N) is 2. The number of carbonyl (C=O) groups is 3. The van der Waals surface area contributed by atoms with Gasteiger partial charge in [-0.15, -0.1) is 0 Å². The number of hydrogen-bond acceptors (Lipinski definition) is 6. The molecular weight excluding hydrogens is 402 g/mol. The summed E-state index contributed by atoms with van der Waals surface area (Å²) in [5.41, 5.74) is 1.37. The number of hydrogen-bond donors (Lipinski definition) is 2. The highest BCUT2D eigenvalue weighted by Crippen LogP contribution is 2.23. The van der Waals surface area contributed by atoms with E-state index in [0.717, 1.165) is 5.56 Å². The standard InChI is InChI=1S/C22H27N3O6/c1-29-18-11-16(12-19(13-18)30-2)14-25(15-21(27)31-3)20(26)9-10-23-22(28)24-17-7-5-4-6-8-17/h4-8,11-13H,9-10,14-15H2,1-3H3,(H2,23,24,28). The van der Waals surface area contributed by atoms with Gasteiger partial charge in [0.25, 0.3) is 0 Å². The zero-order valence-electron chi connectivity index (χ0n) is 17.8. The highest BCUT2D eigenvalue weighted by atomic mass is 16.5. The van der Waals surface area contributed by atoms with Crippen LogP contribution < -0.4 is 20.1 Å². The number of esters is 1. The molecule has 9 nitrogen and oxygen atoms in total. The summed E-state index contributed by atoms with van der Waals surface area (Å²) in [5.74, 6) is 0.281. The maximum absolute atomic E-state index is 12.7. The van der Waals surface area contributed by atoms with Crippen molar-refractivity contribution in [2.45, 2.75) is 13.0 Å². The summed E-state index contributed by atoms with van der Waals surface area (Å²) >= 11 is 0. The second kappa shape index (κ2) is 12.1. The van der Waals surface area contributed by atoms with Gasteiger partial charge in [0.1, 0.15) is 18.0 Å². The van der Waals surface area contributed by atoms with Crippen molar-refractivity contribution in [1.82, 2.24) is 10.2 Å². The molecular formula is C22H27N3O6. The summed E-state index contributed by atoms with van der Waals surface area (Å²) in [6.45, 7) is 0.0411. The Bertz CT molecular complexity index is 866. The number of para-hydroxylation sites is 1. The molecule has 0 saturated carbocycles. The zero-order valence-corrected chi connectivity index (χ0v) is 17.8. The minimum atomic E-state index is -0.544. The lowest BCUT2D eigenvalue weighted by Gasteiger charge is -2.22. The Balaban J connectivity index is 1.98. The molecule has 0 radical (unpaired) electrons. The SMILES string of the molecule is COC(=O)CN(Cc1cc(OC)cc(OC)c1)C(=O)CCNC(=O)Nc1ccccc1. The summed E-state index contributed by atoms with van der Waals surface area (Å²) in [6, 6.07) is 13.8. The molecule has 0 heterocycles. The molecule has 0 aliphatic heterocycles. The van der Waals surface area contributed by atoms with E-state index >= 15 is 0 Å². The van der Waals surface area contributed by atoms with Crippen LogP contribution in [0, 0.1) is 0 Å². The molecule has 2 aromatic carbocycles. The van der Waals surface area contributed by atoms with Gasteiger partial charge in [0, 0.05) is 31.3 Å². The normalized spacial score (nSPS) is 10.0. The molecule has 0 unspecified atom stereocenters. The van der Waals surface area contributed by atoms with Crippen molar-refractivity contribution < 1.29 is 28.6 Å². The molecule has 9 heteroatoms. The van der Waals surface area contributed by atoms with Crippen molar-refractivity contribution in [1.29, 1.82) is 0 Å². The van der Waals surface area contributed by atoms with Crippen LogP contribution in [0.25, 0.3) is 0 Å². The van der Waals surface area contributed by atoms with Gasteiger partial charge < -0.3 is 29.7 Å². The van der Waals surface area contributed by atoms with Crippen LogP contribution in [-0.2, 0) is 20.9 Å². The number of urea groups is 1. The van der Waals surface area contributed by atoms with Crippen LogP contribution in [0.2, 0.25) is 0 Å². The Hall–Kier alpha value is -3.75. The number of anilines is 1. The molecule has 31 heavy (non-hydrogen) atoms. The Morgan fingerprint density at radius 3 is 2.16 bits per heavy atom. The fourth-order valence-electron chi connectivity index (χ4n) is 2.77. The fraction of sp³-hybridized carbons (Fsp3) is 0.318. The van der Waals surface area contributed by atoms with Gasteiger partial charge in [-0.1, -0.05) is 18.2 Å². The third-order valence-electron chi connectivity index (χ3n) is 4.34. The smallest absolute Gasteiger partial charge is 0.325 e. The largest absolute Gasteiger partial charge is 0.497 e. The predicted molar refractivity (Wildman–Crippen MR) is 115 cm³/mol. The van der Waals surface area contributed by atoms with Crippen molar-refractivity contribution in [3.8, 4) is 11.5 Å². The van der Waals surface area contributed by atoms with E-state index in [1.54, 1.807) is 42.5 Å². The molecule has 0 saturated heterocycles. The maximum atomic E-state index is 12.7. The van der Waals surface area contributed by atoms with Crippen LogP contribution in [-0.4, -0.2) is 57.2 Å². The quantitative estimate of drug-likeness (QED) is 0.562. The molecule has 2 N–H and O–H groups in total. The molecule has 166 valence electrons. The van der Waals surface area contributed by atoms with Gasteiger partial charge in [-0.05, 0) is 29.8 Å². The lowest BCUT2D eigenvalue weighted by Crippen LogP contribution is -2.38. The predicted octanol–water partition coefficient (Wildman–Crippen LogP) is 2.42. The summed E-state index contributed by atoms with van der Waals surface area (Å²) in [5, 5.41) is 5.31. The first kappa shape index (κ1) is 23.5. The molecule has 3 amide bonds. The summed E-state index contributed by atoms with van der Waals surface area (Å²) in [6.07, 6.45) is 0.0142. The van der Waals surface area contributed by atoms with E-state index in [0.29, 0.717) is 17.2 Å². The second-order valence-corrected chi connectivity index (χ2v) is 6.54. The monoisotopic (exact) mass is 429 g/mol. The third kappa shape index (κ3) is 7.88. The van der Waals surface area contributed by atoms with E-state index in [-0.39, 0.29) is 32.0 Å². The van der Waals surface area contributed by atoms with Crippen LogP contribution in [0.5, 0.6) is 11.5 Å². The first-order chi connectivity index (χ1) is 14.9. The molecule has 0 bridgehead atoms. The molecule has 0 aromatic heterocycles. The number of nitrogens with zero attached hydrogens (tertiary/aromatic N) is 1. The van der Waals surface area contributed by atoms with Crippen LogP contribution >= 0.6 is 0 Å². The van der Waals surface area contributed by atoms with Crippen LogP contribution in [0.4, 0.5) is 10.5 Å². The Morgan fingerprint density at radius 1 is 0.935 bits per heavy atom. The van der Waals surface area contributed by atoms with Crippen molar-refractivity contribution in [3.05, 3.63) is 54.1 Å². The number of amides is 3. The molecule has 2 aromatic rings. The van der Waals surface area contributed by atoms with Gasteiger partial charge in [-0.3, -0.25) is 9.59 Å². The first-order valence-corrected chi connectivity index (χ1v) is 9.61. The molecule has 0 spiro atoms. The van der Waals surface area contributed by atoms with Gasteiger partial charge in [0.15, 0.2) is 0 Å². The third-order valence-corrected chi connectivity index (χ3v) is 4.34. The van der Waals surface area contributed by atoms with Gasteiger partial charge in [0.05, 0.1) is 21.3 Å². The lowest BCUT2D eigenvalue weighted by molar-refractivity contribution is -0.147. The molecule has 0 aliphatic carbocycles. The van der Waals surface area contributed by atoms with Gasteiger partial charge in [-0.2, -0.15) is 0 Å². The van der Waals surface area contributed by atoms with Gasteiger partial charge in [0.2, 0.25) is 5.91 Å². The molecule has 0 fully saturated rings.